The molecule has 4 rings (SSSR count). The van der Waals surface area contributed by atoms with Gasteiger partial charge in [-0.1, -0.05) is 44.2 Å². The number of pyridine rings is 1. The van der Waals surface area contributed by atoms with Gasteiger partial charge in [0.2, 0.25) is 0 Å². The number of nitrogens with one attached hydrogen (secondary N) is 1. The quantitative estimate of drug-likeness (QED) is 0.611. The lowest BCUT2D eigenvalue weighted by molar-refractivity contribution is -0.123. The van der Waals surface area contributed by atoms with Crippen LogP contribution in [0.3, 0.4) is 0 Å². The molecule has 0 radical (unpaired) electrons. The first-order valence-electron chi connectivity index (χ1n) is 10.6. The Morgan fingerprint density at radius 2 is 1.90 bits per heavy atom. The fourth-order valence-electron chi connectivity index (χ4n) is 3.57. The molecule has 1 saturated carbocycles. The molecule has 0 spiro atoms. The molecule has 0 unspecified atom stereocenters. The molecule has 5 nitrogen and oxygen atoms in total. The summed E-state index contributed by atoms with van der Waals surface area (Å²) in [5.41, 5.74) is 2.79. The molecule has 2 aromatic carbocycles. The van der Waals surface area contributed by atoms with Crippen molar-refractivity contribution in [2.75, 3.05) is 13.2 Å². The van der Waals surface area contributed by atoms with Gasteiger partial charge in [-0.15, -0.1) is 0 Å². The third-order valence-corrected chi connectivity index (χ3v) is 5.38. The highest BCUT2D eigenvalue weighted by molar-refractivity contribution is 5.95. The highest BCUT2D eigenvalue weighted by Gasteiger charge is 2.23. The van der Waals surface area contributed by atoms with Gasteiger partial charge < -0.3 is 14.6 Å². The minimum Gasteiger partial charge on any atom is -0.484 e. The summed E-state index contributed by atoms with van der Waals surface area (Å²) in [6, 6.07) is 17.4. The van der Waals surface area contributed by atoms with Crippen LogP contribution in [0.25, 0.3) is 22.0 Å². The Hall–Kier alpha value is -3.08. The monoisotopic (exact) mass is 404 g/mol. The maximum absolute atomic E-state index is 13.0. The SMILES string of the molecule is CC(C)CNC(=O)COc1ccc2c(-c3ccccc3)cc(=O)n(CC3CC3)c2c1. The van der Waals surface area contributed by atoms with Crippen molar-refractivity contribution in [3.05, 3.63) is 65.0 Å². The van der Waals surface area contributed by atoms with Crippen molar-refractivity contribution in [1.29, 1.82) is 0 Å². The third kappa shape index (κ3) is 4.73. The lowest BCUT2D eigenvalue weighted by Gasteiger charge is -2.15. The first-order valence-corrected chi connectivity index (χ1v) is 10.6. The van der Waals surface area contributed by atoms with Crippen LogP contribution in [0.4, 0.5) is 0 Å². The number of carbonyl (C=O) groups is 1. The van der Waals surface area contributed by atoms with Crippen molar-refractivity contribution in [3.63, 3.8) is 0 Å². The van der Waals surface area contributed by atoms with E-state index in [1.165, 1.54) is 12.8 Å². The molecule has 1 fully saturated rings. The molecule has 1 amide bonds. The van der Waals surface area contributed by atoms with Gasteiger partial charge in [0.25, 0.3) is 11.5 Å². The second-order valence-electron chi connectivity index (χ2n) is 8.48. The van der Waals surface area contributed by atoms with Crippen LogP contribution in [0, 0.1) is 11.8 Å². The van der Waals surface area contributed by atoms with Crippen molar-refractivity contribution < 1.29 is 9.53 Å². The number of hydrogen-bond acceptors (Lipinski definition) is 3. The average molecular weight is 405 g/mol. The summed E-state index contributed by atoms with van der Waals surface area (Å²) in [5, 5.41) is 3.87. The standard InChI is InChI=1S/C25H28N2O3/c1-17(2)14-26-24(28)16-30-20-10-11-21-22(19-6-4-3-5-7-19)13-25(29)27(23(21)12-20)15-18-8-9-18/h3-7,10-13,17-18H,8-9,14-16H2,1-2H3,(H,26,28). The molecule has 0 saturated heterocycles. The van der Waals surface area contributed by atoms with Crippen molar-refractivity contribution in [2.24, 2.45) is 11.8 Å². The summed E-state index contributed by atoms with van der Waals surface area (Å²) >= 11 is 0. The second kappa shape index (κ2) is 8.74. The molecule has 1 aromatic heterocycles. The number of amides is 1. The van der Waals surface area contributed by atoms with Gasteiger partial charge in [-0.2, -0.15) is 0 Å². The number of ether oxygens (including phenoxy) is 1. The average Bonchev–Trinajstić information content (AvgIpc) is 3.57. The molecule has 5 heteroatoms. The minimum atomic E-state index is -0.141. The minimum absolute atomic E-state index is 0.0000736. The van der Waals surface area contributed by atoms with E-state index >= 15 is 0 Å². The van der Waals surface area contributed by atoms with Crippen molar-refractivity contribution in [3.8, 4) is 16.9 Å². The van der Waals surface area contributed by atoms with E-state index < -0.39 is 0 Å². The molecule has 30 heavy (non-hydrogen) atoms. The normalized spacial score (nSPS) is 13.6. The second-order valence-corrected chi connectivity index (χ2v) is 8.48. The van der Waals surface area contributed by atoms with Crippen molar-refractivity contribution in [1.82, 2.24) is 9.88 Å². The van der Waals surface area contributed by atoms with Crippen LogP contribution in [-0.2, 0) is 11.3 Å². The van der Waals surface area contributed by atoms with Crippen LogP contribution in [0.1, 0.15) is 26.7 Å². The maximum Gasteiger partial charge on any atom is 0.257 e. The molecular formula is C25H28N2O3. The predicted octanol–water partition coefficient (Wildman–Crippen LogP) is 4.23. The van der Waals surface area contributed by atoms with E-state index in [0.717, 1.165) is 28.6 Å². The summed E-state index contributed by atoms with van der Waals surface area (Å²) in [6.45, 7) is 5.41. The lowest BCUT2D eigenvalue weighted by atomic mass is 10.0. The zero-order valence-electron chi connectivity index (χ0n) is 17.6. The van der Waals surface area contributed by atoms with Gasteiger partial charge in [0.15, 0.2) is 6.61 Å². The largest absolute Gasteiger partial charge is 0.484 e. The summed E-state index contributed by atoms with van der Waals surface area (Å²) in [4.78, 5) is 25.0. The summed E-state index contributed by atoms with van der Waals surface area (Å²) in [7, 11) is 0. The Morgan fingerprint density at radius 1 is 1.13 bits per heavy atom. The van der Waals surface area contributed by atoms with E-state index in [9.17, 15) is 9.59 Å². The molecule has 156 valence electrons. The van der Waals surface area contributed by atoms with Crippen LogP contribution in [0.5, 0.6) is 5.75 Å². The first-order chi connectivity index (χ1) is 14.5. The molecule has 1 aliphatic rings. The third-order valence-electron chi connectivity index (χ3n) is 5.38. The van der Waals surface area contributed by atoms with E-state index in [1.807, 2.05) is 66.9 Å². The Balaban J connectivity index is 1.68. The van der Waals surface area contributed by atoms with Crippen molar-refractivity contribution in [2.45, 2.75) is 33.2 Å². The van der Waals surface area contributed by atoms with Gasteiger partial charge in [0.05, 0.1) is 5.52 Å². The Kier molecular flexibility index (Phi) is 5.88. The smallest absolute Gasteiger partial charge is 0.257 e. The number of benzene rings is 2. The molecule has 0 aliphatic heterocycles. The fourth-order valence-corrected chi connectivity index (χ4v) is 3.57. The number of nitrogens with zero attached hydrogens (tertiary/aromatic N) is 1. The van der Waals surface area contributed by atoms with E-state index in [0.29, 0.717) is 24.1 Å². The van der Waals surface area contributed by atoms with Gasteiger partial charge in [0, 0.05) is 30.6 Å². The van der Waals surface area contributed by atoms with Crippen LogP contribution in [0.2, 0.25) is 0 Å². The molecule has 1 N–H and O–H groups in total. The fraction of sp³-hybridized carbons (Fsp3) is 0.360. The number of hydrogen-bond donors (Lipinski definition) is 1. The molecule has 3 aromatic rings. The lowest BCUT2D eigenvalue weighted by Crippen LogP contribution is -2.31. The van der Waals surface area contributed by atoms with Gasteiger partial charge in [-0.3, -0.25) is 9.59 Å². The molecule has 0 bridgehead atoms. The highest BCUT2D eigenvalue weighted by Crippen LogP contribution is 2.34. The van der Waals surface area contributed by atoms with E-state index in [4.69, 9.17) is 4.74 Å². The summed E-state index contributed by atoms with van der Waals surface area (Å²) < 4.78 is 7.59. The van der Waals surface area contributed by atoms with Gasteiger partial charge >= 0.3 is 0 Å². The zero-order chi connectivity index (χ0) is 21.1. The van der Waals surface area contributed by atoms with E-state index in [-0.39, 0.29) is 18.1 Å². The first kappa shape index (κ1) is 20.2. The number of carbonyl (C=O) groups excluding carboxylic acids is 1. The summed E-state index contributed by atoms with van der Waals surface area (Å²) in [6.07, 6.45) is 2.33. The highest BCUT2D eigenvalue weighted by atomic mass is 16.5. The van der Waals surface area contributed by atoms with Crippen LogP contribution in [0.15, 0.2) is 59.4 Å². The predicted molar refractivity (Wildman–Crippen MR) is 120 cm³/mol. The Morgan fingerprint density at radius 3 is 2.60 bits per heavy atom. The van der Waals surface area contributed by atoms with Gasteiger partial charge in [0.1, 0.15) is 5.75 Å². The molecular weight excluding hydrogens is 376 g/mol. The molecule has 1 heterocycles. The Labute approximate surface area is 176 Å². The van der Waals surface area contributed by atoms with Crippen LogP contribution < -0.4 is 15.6 Å². The van der Waals surface area contributed by atoms with Crippen molar-refractivity contribution >= 4 is 16.8 Å². The summed E-state index contributed by atoms with van der Waals surface area (Å²) in [5.74, 6) is 1.41. The Bertz CT molecular complexity index is 1100. The molecule has 0 atom stereocenters. The van der Waals surface area contributed by atoms with Crippen LogP contribution >= 0.6 is 0 Å². The topological polar surface area (TPSA) is 60.3 Å². The number of rotatable bonds is 8. The van der Waals surface area contributed by atoms with E-state index in [1.54, 1.807) is 6.07 Å². The number of aromatic nitrogens is 1. The van der Waals surface area contributed by atoms with Crippen LogP contribution in [-0.4, -0.2) is 23.6 Å². The molecule has 1 aliphatic carbocycles. The maximum atomic E-state index is 13.0. The zero-order valence-corrected chi connectivity index (χ0v) is 17.6. The van der Waals surface area contributed by atoms with E-state index in [2.05, 4.69) is 5.32 Å². The van der Waals surface area contributed by atoms with Gasteiger partial charge in [-0.05, 0) is 47.9 Å². The number of fused-ring (bicyclic) bond motifs is 1. The van der Waals surface area contributed by atoms with Gasteiger partial charge in [-0.25, -0.2) is 0 Å².